The molecule has 0 spiro atoms. The van der Waals surface area contributed by atoms with Crippen LogP contribution in [-0.2, 0) is 0 Å². The van der Waals surface area contributed by atoms with Gasteiger partial charge in [0.25, 0.3) is 0 Å². The van der Waals surface area contributed by atoms with Gasteiger partial charge in [0.2, 0.25) is 0 Å². The Kier molecular flexibility index (Phi) is 3.29. The molecule has 5 heteroatoms. The maximum absolute atomic E-state index is 13.1. The van der Waals surface area contributed by atoms with Crippen molar-refractivity contribution in [1.82, 2.24) is 0 Å². The van der Waals surface area contributed by atoms with Crippen LogP contribution in [0.4, 0.5) is 10.1 Å². The number of halogens is 2. The topological polar surface area (TPSA) is 52.0 Å². The zero-order chi connectivity index (χ0) is 10.9. The van der Waals surface area contributed by atoms with Crippen LogP contribution >= 0.6 is 23.4 Å². The second-order valence-corrected chi connectivity index (χ2v) is 4.30. The summed E-state index contributed by atoms with van der Waals surface area (Å²) in [4.78, 5) is 0.656. The van der Waals surface area contributed by atoms with Crippen molar-refractivity contribution < 1.29 is 4.39 Å². The minimum Gasteiger partial charge on any atom is -0.398 e. The van der Waals surface area contributed by atoms with Crippen LogP contribution in [0.5, 0.6) is 0 Å². The Labute approximate surface area is 91.1 Å². The average molecular weight is 233 g/mol. The van der Waals surface area contributed by atoms with E-state index in [1.165, 1.54) is 17.8 Å². The Hall–Kier alpha value is -0.870. The van der Waals surface area contributed by atoms with Crippen molar-refractivity contribution in [2.75, 3.05) is 5.73 Å². The van der Waals surface area contributed by atoms with E-state index in [1.54, 1.807) is 6.92 Å². The monoisotopic (exact) mass is 232 g/mol. The summed E-state index contributed by atoms with van der Waals surface area (Å²) in [6, 6.07) is 1.18. The fourth-order valence-corrected chi connectivity index (χ4v) is 1.93. The highest BCUT2D eigenvalue weighted by atomic mass is 35.5. The Morgan fingerprint density at radius 2 is 2.21 bits per heavy atom. The van der Waals surface area contributed by atoms with Crippen LogP contribution < -0.4 is 11.5 Å². The molecule has 0 aliphatic heterocycles. The number of nitrogens with two attached hydrogens (primary N) is 2. The van der Waals surface area contributed by atoms with E-state index in [-0.39, 0.29) is 5.02 Å². The Bertz CT molecular complexity index is 393. The van der Waals surface area contributed by atoms with Gasteiger partial charge in [-0.25, -0.2) is 4.39 Å². The van der Waals surface area contributed by atoms with Gasteiger partial charge in [0, 0.05) is 10.6 Å². The lowest BCUT2D eigenvalue weighted by molar-refractivity contribution is 0.626. The highest BCUT2D eigenvalue weighted by Crippen LogP contribution is 2.36. The van der Waals surface area contributed by atoms with E-state index in [1.807, 2.05) is 0 Å². The summed E-state index contributed by atoms with van der Waals surface area (Å²) in [6.07, 6.45) is 0. The summed E-state index contributed by atoms with van der Waals surface area (Å²) in [5.41, 5.74) is 12.0. The Morgan fingerprint density at radius 1 is 1.64 bits per heavy atom. The second kappa shape index (κ2) is 4.11. The maximum atomic E-state index is 13.1. The average Bonchev–Trinajstić information content (AvgIpc) is 2.09. The molecule has 1 aromatic rings. The van der Waals surface area contributed by atoms with Gasteiger partial charge in [0.1, 0.15) is 5.82 Å². The van der Waals surface area contributed by atoms with Crippen LogP contribution in [0.3, 0.4) is 0 Å². The summed E-state index contributed by atoms with van der Waals surface area (Å²) in [5.74, 6) is -0.520. The lowest BCUT2D eigenvalue weighted by Crippen LogP contribution is -1.97. The van der Waals surface area contributed by atoms with Crippen LogP contribution in [0.25, 0.3) is 0 Å². The molecular weight excluding hydrogens is 223 g/mol. The molecule has 76 valence electrons. The van der Waals surface area contributed by atoms with Crippen molar-refractivity contribution in [3.8, 4) is 0 Å². The van der Waals surface area contributed by atoms with Crippen LogP contribution in [0.1, 0.15) is 5.56 Å². The normalized spacial score (nSPS) is 10.2. The molecular formula is C9H10ClFN2S. The summed E-state index contributed by atoms with van der Waals surface area (Å²) < 4.78 is 13.1. The third kappa shape index (κ3) is 2.13. The van der Waals surface area contributed by atoms with E-state index in [0.29, 0.717) is 21.2 Å². The smallest absolute Gasteiger partial charge is 0.144 e. The van der Waals surface area contributed by atoms with Crippen molar-refractivity contribution in [2.45, 2.75) is 11.8 Å². The Balaban J connectivity index is 3.29. The molecule has 1 rings (SSSR count). The van der Waals surface area contributed by atoms with Crippen molar-refractivity contribution in [3.63, 3.8) is 0 Å². The highest BCUT2D eigenvalue weighted by Gasteiger charge is 2.12. The molecule has 0 heterocycles. The lowest BCUT2D eigenvalue weighted by atomic mass is 10.2. The number of rotatable bonds is 2. The van der Waals surface area contributed by atoms with Crippen LogP contribution in [-0.4, -0.2) is 0 Å². The first-order chi connectivity index (χ1) is 6.43. The maximum Gasteiger partial charge on any atom is 0.144 e. The largest absolute Gasteiger partial charge is 0.398 e. The molecule has 0 radical (unpaired) electrons. The van der Waals surface area contributed by atoms with Crippen molar-refractivity contribution in [3.05, 3.63) is 34.1 Å². The molecule has 0 aromatic heterocycles. The molecule has 0 bridgehead atoms. The van der Waals surface area contributed by atoms with E-state index in [0.717, 1.165) is 0 Å². The molecule has 0 aliphatic carbocycles. The van der Waals surface area contributed by atoms with Gasteiger partial charge in [0.05, 0.1) is 10.1 Å². The van der Waals surface area contributed by atoms with Gasteiger partial charge in [-0.2, -0.15) is 0 Å². The van der Waals surface area contributed by atoms with Crippen LogP contribution in [0.15, 0.2) is 22.6 Å². The van der Waals surface area contributed by atoms with Crippen molar-refractivity contribution in [1.29, 1.82) is 0 Å². The number of thioether (sulfide) groups is 1. The molecule has 0 saturated heterocycles. The molecule has 2 nitrogen and oxygen atoms in total. The first-order valence-electron chi connectivity index (χ1n) is 3.79. The third-order valence-corrected chi connectivity index (χ3v) is 3.13. The third-order valence-electron chi connectivity index (χ3n) is 1.66. The van der Waals surface area contributed by atoms with E-state index in [2.05, 4.69) is 6.58 Å². The first-order valence-corrected chi connectivity index (χ1v) is 4.99. The predicted molar refractivity (Wildman–Crippen MR) is 59.7 cm³/mol. The number of hydrogen-bond donors (Lipinski definition) is 2. The lowest BCUT2D eigenvalue weighted by Gasteiger charge is -2.10. The molecule has 0 saturated carbocycles. The second-order valence-electron chi connectivity index (χ2n) is 2.78. The highest BCUT2D eigenvalue weighted by molar-refractivity contribution is 8.03. The molecule has 0 aliphatic rings. The van der Waals surface area contributed by atoms with Gasteiger partial charge in [-0.3, -0.25) is 0 Å². The van der Waals surface area contributed by atoms with Gasteiger partial charge in [-0.1, -0.05) is 29.9 Å². The molecule has 4 N–H and O–H groups in total. The summed E-state index contributed by atoms with van der Waals surface area (Å²) >= 11 is 6.91. The summed E-state index contributed by atoms with van der Waals surface area (Å²) in [5, 5.41) is 0.463. The fraction of sp³-hybridized carbons (Fsp3) is 0.111. The van der Waals surface area contributed by atoms with Crippen LogP contribution in [0, 0.1) is 12.7 Å². The molecule has 0 atom stereocenters. The van der Waals surface area contributed by atoms with Gasteiger partial charge in [-0.15, -0.1) is 0 Å². The van der Waals surface area contributed by atoms with Crippen LogP contribution in [0.2, 0.25) is 5.02 Å². The van der Waals surface area contributed by atoms with E-state index >= 15 is 0 Å². The van der Waals surface area contributed by atoms with Crippen molar-refractivity contribution >= 4 is 29.1 Å². The molecule has 0 amide bonds. The van der Waals surface area contributed by atoms with E-state index in [9.17, 15) is 4.39 Å². The zero-order valence-electron chi connectivity index (χ0n) is 7.60. The van der Waals surface area contributed by atoms with Gasteiger partial charge in [0.15, 0.2) is 0 Å². The Morgan fingerprint density at radius 3 is 2.71 bits per heavy atom. The van der Waals surface area contributed by atoms with Gasteiger partial charge >= 0.3 is 0 Å². The summed E-state index contributed by atoms with van der Waals surface area (Å²) in [7, 11) is 0. The molecule has 14 heavy (non-hydrogen) atoms. The minimum atomic E-state index is -0.520. The quantitative estimate of drug-likeness (QED) is 0.609. The van der Waals surface area contributed by atoms with E-state index < -0.39 is 5.82 Å². The molecule has 1 aromatic carbocycles. The minimum absolute atomic E-state index is 0.0722. The van der Waals surface area contributed by atoms with E-state index in [4.69, 9.17) is 23.1 Å². The van der Waals surface area contributed by atoms with Crippen molar-refractivity contribution in [2.24, 2.45) is 5.73 Å². The number of nitrogen functional groups attached to an aromatic ring is 1. The molecule has 0 fully saturated rings. The standard InChI is InChI=1S/C9H10ClFN2S/c1-4-8(10)6(11)3-7(13)9(4)14-5(2)12/h3H,2,12-13H2,1H3. The number of hydrogen-bond acceptors (Lipinski definition) is 3. The fourth-order valence-electron chi connectivity index (χ4n) is 1.03. The zero-order valence-corrected chi connectivity index (χ0v) is 9.18. The summed E-state index contributed by atoms with van der Waals surface area (Å²) in [6.45, 7) is 5.22. The number of anilines is 1. The van der Waals surface area contributed by atoms with Gasteiger partial charge < -0.3 is 11.5 Å². The van der Waals surface area contributed by atoms with Gasteiger partial charge in [-0.05, 0) is 18.6 Å². The number of benzene rings is 1. The SMILES string of the molecule is C=C(N)Sc1c(N)cc(F)c(Cl)c1C. The molecule has 0 unspecified atom stereocenters. The first kappa shape index (κ1) is 11.2. The predicted octanol–water partition coefficient (Wildman–Crippen LogP) is 2.89.